The lowest BCUT2D eigenvalue weighted by Crippen LogP contribution is -2.25. The van der Waals surface area contributed by atoms with Gasteiger partial charge >= 0.3 is 10.8 Å². The molecule has 1 aromatic heterocycles. The number of benzene rings is 1. The summed E-state index contributed by atoms with van der Waals surface area (Å²) in [6.07, 6.45) is 1.74. The highest BCUT2D eigenvalue weighted by Crippen LogP contribution is 2.37. The van der Waals surface area contributed by atoms with Crippen molar-refractivity contribution in [3.63, 3.8) is 0 Å². The fourth-order valence-corrected chi connectivity index (χ4v) is 3.64. The van der Waals surface area contributed by atoms with Crippen LogP contribution in [-0.4, -0.2) is 28.0 Å². The van der Waals surface area contributed by atoms with Crippen molar-refractivity contribution in [2.24, 2.45) is 4.99 Å². The number of allylic oxidation sites excluding steroid dienone is 1. The number of rotatable bonds is 4. The molecule has 1 aliphatic rings. The number of aromatic nitrogens is 1. The molecule has 0 unspecified atom stereocenters. The number of fused-ring (bicyclic) bond motifs is 1. The van der Waals surface area contributed by atoms with Crippen molar-refractivity contribution < 1.29 is 14.6 Å². The standard InChI is InChI=1S/C18H18N2O4S/c1-4-24-17(22)11(3)20-16(21)15(25-18(20)23)9-13-10(2)19-14-8-6-5-7-12(13)14/h5-9,11,21H,4H2,1-3H3/t11-/m1/s1. The normalized spacial score (nSPS) is 15.8. The van der Waals surface area contributed by atoms with Crippen LogP contribution in [0.4, 0.5) is 5.69 Å². The van der Waals surface area contributed by atoms with Crippen molar-refractivity contribution in [3.8, 4) is 5.88 Å². The highest BCUT2D eigenvalue weighted by atomic mass is 32.1. The van der Waals surface area contributed by atoms with E-state index in [0.717, 1.165) is 38.4 Å². The van der Waals surface area contributed by atoms with Gasteiger partial charge in [0.1, 0.15) is 6.04 Å². The van der Waals surface area contributed by atoms with E-state index < -0.39 is 16.9 Å². The van der Waals surface area contributed by atoms with Crippen molar-refractivity contribution in [1.82, 2.24) is 4.57 Å². The number of ether oxygens (including phenoxy) is 1. The Morgan fingerprint density at radius 3 is 2.88 bits per heavy atom. The molecular formula is C18H18N2O4S. The highest BCUT2D eigenvalue weighted by Gasteiger charge is 2.25. The van der Waals surface area contributed by atoms with Crippen LogP contribution in [0.15, 0.2) is 34.1 Å². The molecule has 2 heterocycles. The molecule has 2 aromatic rings. The molecule has 0 saturated heterocycles. The molecule has 6 nitrogen and oxygen atoms in total. The maximum Gasteiger partial charge on any atom is 0.329 e. The summed E-state index contributed by atoms with van der Waals surface area (Å²) >= 11 is 0.887. The van der Waals surface area contributed by atoms with E-state index in [4.69, 9.17) is 4.74 Å². The monoisotopic (exact) mass is 358 g/mol. The van der Waals surface area contributed by atoms with Crippen molar-refractivity contribution in [3.05, 3.63) is 44.4 Å². The van der Waals surface area contributed by atoms with Crippen LogP contribution < -0.4 is 4.87 Å². The van der Waals surface area contributed by atoms with Gasteiger partial charge in [-0.15, -0.1) is 0 Å². The van der Waals surface area contributed by atoms with Crippen molar-refractivity contribution in [1.29, 1.82) is 0 Å². The molecule has 0 amide bonds. The molecule has 1 N–H and O–H groups in total. The third-order valence-corrected chi connectivity index (χ3v) is 4.90. The van der Waals surface area contributed by atoms with E-state index in [0.29, 0.717) is 4.88 Å². The zero-order chi connectivity index (χ0) is 18.1. The molecule has 1 atom stereocenters. The van der Waals surface area contributed by atoms with Gasteiger partial charge in [-0.3, -0.25) is 14.4 Å². The topological polar surface area (TPSA) is 80.9 Å². The van der Waals surface area contributed by atoms with Gasteiger partial charge in [0.25, 0.3) is 0 Å². The molecule has 0 aliphatic carbocycles. The fraction of sp³-hybridized carbons (Fsp3) is 0.278. The Labute approximate surface area is 148 Å². The van der Waals surface area contributed by atoms with Crippen molar-refractivity contribution >= 4 is 40.4 Å². The number of aliphatic imine (C=N–C) groups is 1. The molecule has 130 valence electrons. The number of hydrogen-bond donors (Lipinski definition) is 1. The lowest BCUT2D eigenvalue weighted by Gasteiger charge is -2.12. The van der Waals surface area contributed by atoms with Crippen LogP contribution in [0, 0.1) is 0 Å². The van der Waals surface area contributed by atoms with Gasteiger partial charge in [-0.05, 0) is 32.9 Å². The Bertz CT molecular complexity index is 952. The lowest BCUT2D eigenvalue weighted by molar-refractivity contribution is -0.146. The van der Waals surface area contributed by atoms with Gasteiger partial charge in [0.05, 0.1) is 17.2 Å². The van der Waals surface area contributed by atoms with Crippen LogP contribution in [-0.2, 0) is 9.53 Å². The second-order valence-corrected chi connectivity index (χ2v) is 6.62. The largest absolute Gasteiger partial charge is 0.493 e. The molecule has 1 aromatic carbocycles. The van der Waals surface area contributed by atoms with E-state index >= 15 is 0 Å². The summed E-state index contributed by atoms with van der Waals surface area (Å²) in [5.41, 5.74) is 3.47. The molecule has 25 heavy (non-hydrogen) atoms. The van der Waals surface area contributed by atoms with E-state index in [1.165, 1.54) is 6.92 Å². The van der Waals surface area contributed by atoms with Crippen LogP contribution in [0.2, 0.25) is 0 Å². The molecule has 0 saturated carbocycles. The number of hydrogen-bond acceptors (Lipinski definition) is 6. The molecule has 0 spiro atoms. The molecule has 7 heteroatoms. The Kier molecular flexibility index (Phi) is 4.59. The number of aromatic hydroxyl groups is 1. The maximum absolute atomic E-state index is 12.3. The van der Waals surface area contributed by atoms with Gasteiger partial charge in [-0.2, -0.15) is 0 Å². The summed E-state index contributed by atoms with van der Waals surface area (Å²) in [7, 11) is 0. The van der Waals surface area contributed by atoms with Crippen molar-refractivity contribution in [2.75, 3.05) is 6.61 Å². The Morgan fingerprint density at radius 1 is 1.44 bits per heavy atom. The second kappa shape index (κ2) is 6.68. The first-order chi connectivity index (χ1) is 11.9. The smallest absolute Gasteiger partial charge is 0.329 e. The molecular weight excluding hydrogens is 340 g/mol. The first kappa shape index (κ1) is 17.2. The van der Waals surface area contributed by atoms with Crippen LogP contribution in [0.25, 0.3) is 11.6 Å². The number of nitrogens with zero attached hydrogens (tertiary/aromatic N) is 2. The SMILES string of the molecule is CCOC(=O)[C@@H](C)n1c(O)c(C=C2C(C)=Nc3ccccc32)sc1=O. The average Bonchev–Trinajstić information content (AvgIpc) is 3.04. The summed E-state index contributed by atoms with van der Waals surface area (Å²) in [5, 5.41) is 10.5. The van der Waals surface area contributed by atoms with Gasteiger partial charge in [0.2, 0.25) is 5.88 Å². The fourth-order valence-electron chi connectivity index (χ4n) is 2.75. The van der Waals surface area contributed by atoms with Crippen LogP contribution in [0.3, 0.4) is 0 Å². The number of thiazole rings is 1. The summed E-state index contributed by atoms with van der Waals surface area (Å²) in [6, 6.07) is 6.79. The van der Waals surface area contributed by atoms with Gasteiger partial charge in [-0.25, -0.2) is 4.79 Å². The van der Waals surface area contributed by atoms with Crippen LogP contribution >= 0.6 is 11.3 Å². The zero-order valence-electron chi connectivity index (χ0n) is 14.1. The van der Waals surface area contributed by atoms with Crippen LogP contribution in [0.1, 0.15) is 37.3 Å². The number of esters is 1. The molecule has 0 fully saturated rings. The second-order valence-electron chi connectivity index (χ2n) is 5.63. The number of para-hydroxylation sites is 1. The van der Waals surface area contributed by atoms with Gasteiger partial charge in [-0.1, -0.05) is 29.5 Å². The van der Waals surface area contributed by atoms with E-state index in [1.807, 2.05) is 31.2 Å². The quantitative estimate of drug-likeness (QED) is 0.850. The predicted octanol–water partition coefficient (Wildman–Crippen LogP) is 3.39. The summed E-state index contributed by atoms with van der Waals surface area (Å²) in [4.78, 5) is 28.6. The van der Waals surface area contributed by atoms with E-state index in [2.05, 4.69) is 4.99 Å². The first-order valence-corrected chi connectivity index (χ1v) is 8.73. The Balaban J connectivity index is 2.04. The summed E-state index contributed by atoms with van der Waals surface area (Å²) in [6.45, 7) is 5.31. The zero-order valence-corrected chi connectivity index (χ0v) is 15.0. The third-order valence-electron chi connectivity index (χ3n) is 4.01. The lowest BCUT2D eigenvalue weighted by atomic mass is 10.0. The van der Waals surface area contributed by atoms with Gasteiger partial charge in [0.15, 0.2) is 0 Å². The number of carbonyl (C=O) groups excluding carboxylic acids is 1. The van der Waals surface area contributed by atoms with E-state index in [9.17, 15) is 14.7 Å². The average molecular weight is 358 g/mol. The maximum atomic E-state index is 12.3. The van der Waals surface area contributed by atoms with Gasteiger partial charge in [0, 0.05) is 16.8 Å². The first-order valence-electron chi connectivity index (χ1n) is 7.91. The summed E-state index contributed by atoms with van der Waals surface area (Å²) in [5.74, 6) is -0.791. The minimum Gasteiger partial charge on any atom is -0.493 e. The molecule has 0 radical (unpaired) electrons. The molecule has 0 bridgehead atoms. The Morgan fingerprint density at radius 2 is 2.16 bits per heavy atom. The van der Waals surface area contributed by atoms with Gasteiger partial charge < -0.3 is 9.84 Å². The van der Waals surface area contributed by atoms with Crippen molar-refractivity contribution in [2.45, 2.75) is 26.8 Å². The number of carbonyl (C=O) groups is 1. The van der Waals surface area contributed by atoms with E-state index in [1.54, 1.807) is 13.0 Å². The Hall–Kier alpha value is -2.67. The summed E-state index contributed by atoms with van der Waals surface area (Å²) < 4.78 is 5.99. The highest BCUT2D eigenvalue weighted by molar-refractivity contribution is 7.10. The van der Waals surface area contributed by atoms with E-state index in [-0.39, 0.29) is 12.5 Å². The molecule has 3 rings (SSSR count). The molecule has 1 aliphatic heterocycles. The van der Waals surface area contributed by atoms with Crippen LogP contribution in [0.5, 0.6) is 5.88 Å². The third kappa shape index (κ3) is 3.02. The predicted molar refractivity (Wildman–Crippen MR) is 98.7 cm³/mol. The minimum atomic E-state index is -0.888. The minimum absolute atomic E-state index is 0.214.